The summed E-state index contributed by atoms with van der Waals surface area (Å²) < 4.78 is 28.2. The summed E-state index contributed by atoms with van der Waals surface area (Å²) in [7, 11) is -2.67. The molecule has 0 unspecified atom stereocenters. The molecule has 0 fully saturated rings. The molecule has 0 aliphatic carbocycles. The van der Waals surface area contributed by atoms with E-state index in [0.717, 1.165) is 20.6 Å². The van der Waals surface area contributed by atoms with Crippen LogP contribution in [0.2, 0.25) is 10.0 Å². The molecule has 0 bridgehead atoms. The molecule has 43 heavy (non-hydrogen) atoms. The van der Waals surface area contributed by atoms with Crippen molar-refractivity contribution in [1.82, 2.24) is 14.5 Å². The Kier molecular flexibility index (Phi) is 10.8. The Morgan fingerprint density at radius 2 is 1.56 bits per heavy atom. The highest BCUT2D eigenvalue weighted by atomic mass is 35.5. The number of carbonyl (C=O) groups is 2. The molecule has 0 aliphatic rings. The maximum absolute atomic E-state index is 14.1. The third-order valence-corrected chi connectivity index (χ3v) is 9.80. The van der Waals surface area contributed by atoms with Crippen molar-refractivity contribution >= 4 is 55.8 Å². The third kappa shape index (κ3) is 8.15. The van der Waals surface area contributed by atoms with Gasteiger partial charge in [0.15, 0.2) is 0 Å². The number of likely N-dealkylation sites (N-methyl/N-ethyl adjacent to an activating group) is 1. The number of nitrogens with zero attached hydrogens (tertiary/aromatic N) is 2. The summed E-state index contributed by atoms with van der Waals surface area (Å²) in [5.41, 5.74) is 1.43. The Labute approximate surface area is 263 Å². The maximum Gasteiger partial charge on any atom is 0.243 e. The van der Waals surface area contributed by atoms with Crippen molar-refractivity contribution < 1.29 is 18.0 Å². The van der Waals surface area contributed by atoms with E-state index < -0.39 is 28.5 Å². The molecule has 0 aromatic heterocycles. The van der Waals surface area contributed by atoms with Crippen LogP contribution in [0.15, 0.2) is 95.9 Å². The number of rotatable bonds is 12. The second-order valence-corrected chi connectivity index (χ2v) is 13.4. The second-order valence-electron chi connectivity index (χ2n) is 10.6. The molecule has 7 nitrogen and oxygen atoms in total. The summed E-state index contributed by atoms with van der Waals surface area (Å²) in [6, 6.07) is 25.6. The molecule has 2 amide bonds. The number of benzene rings is 4. The fourth-order valence-corrected chi connectivity index (χ4v) is 6.33. The lowest BCUT2D eigenvalue weighted by molar-refractivity contribution is -0.141. The molecule has 0 saturated carbocycles. The molecule has 0 saturated heterocycles. The minimum Gasteiger partial charge on any atom is -0.352 e. The highest BCUT2D eigenvalue weighted by molar-refractivity contribution is 7.89. The van der Waals surface area contributed by atoms with Crippen LogP contribution in [0.3, 0.4) is 0 Å². The molecule has 226 valence electrons. The number of sulfonamides is 1. The number of nitrogens with one attached hydrogen (secondary N) is 1. The standard InChI is InChI=1S/C33H35Cl2N3O4S/c1-4-23(2)36-33(40)31(18-24-10-6-5-7-11-24)38(21-27-14-16-28(34)20-30(27)35)32(39)22-37(3)43(41,42)29-17-15-25-12-8-9-13-26(25)19-29/h5-17,19-20,23,31H,4,18,21-22H2,1-3H3,(H,36,40)/t23-,31-/m0/s1. The number of hydrogen-bond donors (Lipinski definition) is 1. The van der Waals surface area contributed by atoms with E-state index in [1.807, 2.05) is 68.4 Å². The lowest BCUT2D eigenvalue weighted by Gasteiger charge is -2.33. The van der Waals surface area contributed by atoms with Gasteiger partial charge in [-0.2, -0.15) is 4.31 Å². The van der Waals surface area contributed by atoms with Gasteiger partial charge >= 0.3 is 0 Å². The fourth-order valence-electron chi connectivity index (χ4n) is 4.70. The Hall–Kier alpha value is -3.43. The van der Waals surface area contributed by atoms with Crippen LogP contribution < -0.4 is 5.32 Å². The van der Waals surface area contributed by atoms with E-state index in [2.05, 4.69) is 5.32 Å². The Morgan fingerprint density at radius 1 is 0.884 bits per heavy atom. The summed E-state index contributed by atoms with van der Waals surface area (Å²) in [6.07, 6.45) is 0.925. The zero-order valence-electron chi connectivity index (χ0n) is 24.3. The number of halogens is 2. The summed E-state index contributed by atoms with van der Waals surface area (Å²) in [6.45, 7) is 3.34. The monoisotopic (exact) mass is 639 g/mol. The van der Waals surface area contributed by atoms with Crippen LogP contribution in [0.25, 0.3) is 10.8 Å². The summed E-state index contributed by atoms with van der Waals surface area (Å²) in [4.78, 5) is 29.3. The molecular weight excluding hydrogens is 605 g/mol. The topological polar surface area (TPSA) is 86.8 Å². The van der Waals surface area contributed by atoms with Gasteiger partial charge in [0, 0.05) is 36.1 Å². The normalized spacial score (nSPS) is 13.1. The summed E-state index contributed by atoms with van der Waals surface area (Å²) >= 11 is 12.6. The first-order chi connectivity index (χ1) is 20.5. The maximum atomic E-state index is 14.1. The van der Waals surface area contributed by atoms with Crippen LogP contribution in [-0.4, -0.2) is 55.1 Å². The van der Waals surface area contributed by atoms with Gasteiger partial charge in [-0.1, -0.05) is 96.9 Å². The number of carbonyl (C=O) groups excluding carboxylic acids is 2. The van der Waals surface area contributed by atoms with Gasteiger partial charge in [-0.25, -0.2) is 8.42 Å². The first kappa shape index (κ1) is 32.5. The first-order valence-corrected chi connectivity index (χ1v) is 16.2. The van der Waals surface area contributed by atoms with Gasteiger partial charge in [-0.05, 0) is 59.5 Å². The molecule has 4 aromatic rings. The second kappa shape index (κ2) is 14.4. The predicted octanol–water partition coefficient (Wildman–Crippen LogP) is 6.32. The van der Waals surface area contributed by atoms with Crippen LogP contribution >= 0.6 is 23.2 Å². The van der Waals surface area contributed by atoms with E-state index in [-0.39, 0.29) is 29.8 Å². The minimum absolute atomic E-state index is 0.0237. The van der Waals surface area contributed by atoms with Crippen LogP contribution in [0.5, 0.6) is 0 Å². The molecule has 4 aromatic carbocycles. The van der Waals surface area contributed by atoms with Crippen LogP contribution in [0, 0.1) is 0 Å². The molecule has 0 aliphatic heterocycles. The van der Waals surface area contributed by atoms with E-state index in [1.165, 1.54) is 18.0 Å². The number of fused-ring (bicyclic) bond motifs is 1. The van der Waals surface area contributed by atoms with Crippen molar-refractivity contribution in [1.29, 1.82) is 0 Å². The van der Waals surface area contributed by atoms with Crippen molar-refractivity contribution in [3.63, 3.8) is 0 Å². The van der Waals surface area contributed by atoms with Gasteiger partial charge in [0.1, 0.15) is 6.04 Å². The third-order valence-electron chi connectivity index (χ3n) is 7.41. The first-order valence-electron chi connectivity index (χ1n) is 14.0. The van der Waals surface area contributed by atoms with Gasteiger partial charge in [0.25, 0.3) is 0 Å². The van der Waals surface area contributed by atoms with Gasteiger partial charge < -0.3 is 10.2 Å². The molecular formula is C33H35Cl2N3O4S. The molecule has 0 radical (unpaired) electrons. The van der Waals surface area contributed by atoms with Crippen molar-refractivity contribution in [2.24, 2.45) is 0 Å². The average molecular weight is 641 g/mol. The summed E-state index contributed by atoms with van der Waals surface area (Å²) in [5, 5.41) is 5.45. The SMILES string of the molecule is CC[C@H](C)NC(=O)[C@H](Cc1ccccc1)N(Cc1ccc(Cl)cc1Cl)C(=O)CN(C)S(=O)(=O)c1ccc2ccccc2c1. The Morgan fingerprint density at radius 3 is 2.23 bits per heavy atom. The minimum atomic E-state index is -4.03. The zero-order valence-corrected chi connectivity index (χ0v) is 26.7. The fraction of sp³-hybridized carbons (Fsp3) is 0.273. The Balaban J connectivity index is 1.70. The number of hydrogen-bond acceptors (Lipinski definition) is 4. The lowest BCUT2D eigenvalue weighted by atomic mass is 10.0. The number of amides is 2. The van der Waals surface area contributed by atoms with Crippen LogP contribution in [-0.2, 0) is 32.6 Å². The van der Waals surface area contributed by atoms with Gasteiger partial charge in [-0.3, -0.25) is 9.59 Å². The quantitative estimate of drug-likeness (QED) is 0.196. The van der Waals surface area contributed by atoms with E-state index in [4.69, 9.17) is 23.2 Å². The van der Waals surface area contributed by atoms with Crippen molar-refractivity contribution in [2.45, 2.75) is 50.2 Å². The van der Waals surface area contributed by atoms with Gasteiger partial charge in [0.2, 0.25) is 21.8 Å². The molecule has 10 heteroatoms. The highest BCUT2D eigenvalue weighted by Gasteiger charge is 2.33. The zero-order chi connectivity index (χ0) is 31.1. The molecule has 2 atom stereocenters. The summed E-state index contributed by atoms with van der Waals surface area (Å²) in [5.74, 6) is -0.880. The van der Waals surface area contributed by atoms with Crippen molar-refractivity contribution in [3.8, 4) is 0 Å². The highest BCUT2D eigenvalue weighted by Crippen LogP contribution is 2.25. The molecule has 0 spiro atoms. The lowest BCUT2D eigenvalue weighted by Crippen LogP contribution is -2.54. The van der Waals surface area contributed by atoms with Crippen molar-refractivity contribution in [3.05, 3.63) is 112 Å². The van der Waals surface area contributed by atoms with E-state index >= 15 is 0 Å². The van der Waals surface area contributed by atoms with Gasteiger partial charge in [-0.15, -0.1) is 0 Å². The largest absolute Gasteiger partial charge is 0.352 e. The van der Waals surface area contributed by atoms with E-state index in [1.54, 1.807) is 30.3 Å². The molecule has 1 N–H and O–H groups in total. The molecule has 4 rings (SSSR count). The van der Waals surface area contributed by atoms with Crippen LogP contribution in [0.1, 0.15) is 31.4 Å². The Bertz CT molecular complexity index is 1700. The van der Waals surface area contributed by atoms with Gasteiger partial charge in [0.05, 0.1) is 11.4 Å². The predicted molar refractivity (Wildman–Crippen MR) is 173 cm³/mol. The molecule has 0 heterocycles. The van der Waals surface area contributed by atoms with Crippen LogP contribution in [0.4, 0.5) is 0 Å². The van der Waals surface area contributed by atoms with E-state index in [0.29, 0.717) is 22.0 Å². The van der Waals surface area contributed by atoms with E-state index in [9.17, 15) is 18.0 Å². The smallest absolute Gasteiger partial charge is 0.243 e. The average Bonchev–Trinajstić information content (AvgIpc) is 2.99. The van der Waals surface area contributed by atoms with Crippen molar-refractivity contribution in [2.75, 3.05) is 13.6 Å².